The topological polar surface area (TPSA) is 687 Å². The Hall–Kier alpha value is -11.9. The largest absolute Gasteiger partial charge is 0.394 e. The molecule has 0 unspecified atom stereocenters. The van der Waals surface area contributed by atoms with E-state index in [2.05, 4.69) is 79.8 Å². The van der Waals surface area contributed by atoms with Gasteiger partial charge in [0.25, 0.3) is 0 Å². The number of nitrogens with one attached hydrogen (secondary N) is 17. The second-order valence-corrected chi connectivity index (χ2v) is 28.8. The first-order valence-electron chi connectivity index (χ1n) is 39.1. The molecule has 13 atom stereocenters. The summed E-state index contributed by atoms with van der Waals surface area (Å²) in [6.45, 7) is 6.29. The molecule has 0 bridgehead atoms. The summed E-state index contributed by atoms with van der Waals surface area (Å²) in [5, 5.41) is 64.1. The van der Waals surface area contributed by atoms with Crippen LogP contribution in [0.1, 0.15) is 135 Å². The average molecular weight is 1640 g/mol. The molecule has 0 aliphatic rings. The summed E-state index contributed by atoms with van der Waals surface area (Å²) in [5.74, 6) is -15.1. The standard InChI is InChI=1S/C77H122N24O16/c1-6-45(4)63(75(117)96-54(31-21-35-88-77(85)86)69(111)99-56(66(108)89-41-61(82)104)38-48-24-12-8-13-25-48)101-70(112)52(29-17-19-33-79)95-74(116)59(43-102)92-62(105)42-90-64(106)46(5)91-67(109)51(28-16-18-32-78)93-71(113)55(36-44(2)3)98-68(110)53(30-20-34-87-76(83)84)94-72(114)57(39-49-26-14-9-15-27-49)100-73(115)58(40-60(81)103)97-65(107)50(80)37-47-22-10-7-11-23-47/h7-15,22-27,44-46,50-59,63,102H,6,16-21,28-43,78-80H2,1-5H3,(H2,81,103)(H2,82,104)(H,89,108)(H,90,106)(H,91,109)(H,92,105)(H,93,113)(H,94,114)(H,95,116)(H,96,117)(H,97,107)(H,98,110)(H,99,111)(H,100,115)(H,101,112)(H4,83,84,87)(H4,85,86,88)/t45-,46-,50-,51-,52-,53-,54-,55-,56-,57-,58-,59-,63-/m0/s1. The van der Waals surface area contributed by atoms with Gasteiger partial charge in [-0.25, -0.2) is 0 Å². The van der Waals surface area contributed by atoms with E-state index in [0.717, 1.165) is 0 Å². The zero-order valence-corrected chi connectivity index (χ0v) is 67.1. The van der Waals surface area contributed by atoms with Crippen molar-refractivity contribution >= 4 is 101 Å². The van der Waals surface area contributed by atoms with Crippen LogP contribution in [0, 0.1) is 22.7 Å². The van der Waals surface area contributed by atoms with Crippen molar-refractivity contribution in [3.05, 3.63) is 108 Å². The van der Waals surface area contributed by atoms with Gasteiger partial charge in [-0.2, -0.15) is 0 Å². The highest BCUT2D eigenvalue weighted by Crippen LogP contribution is 2.16. The predicted molar refractivity (Wildman–Crippen MR) is 434 cm³/mol. The summed E-state index contributed by atoms with van der Waals surface area (Å²) < 4.78 is 0. The molecule has 3 rings (SSSR count). The van der Waals surface area contributed by atoms with E-state index in [1.807, 2.05) is 0 Å². The Balaban J connectivity index is 1.81. The minimum absolute atomic E-state index is 0.0258. The van der Waals surface area contributed by atoms with Crippen LogP contribution in [0.4, 0.5) is 0 Å². The van der Waals surface area contributed by atoms with Gasteiger partial charge in [-0.15, -0.1) is 0 Å². The number of primary amides is 2. The van der Waals surface area contributed by atoms with Crippen LogP contribution in [0.5, 0.6) is 0 Å². The number of hydrogen-bond donors (Lipinski definition) is 25. The van der Waals surface area contributed by atoms with E-state index in [-0.39, 0.29) is 121 Å². The third-order valence-corrected chi connectivity index (χ3v) is 18.5. The number of aliphatic hydroxyl groups excluding tert-OH is 1. The van der Waals surface area contributed by atoms with Crippen molar-refractivity contribution in [2.75, 3.05) is 45.9 Å². The number of carbonyl (C=O) groups is 15. The highest BCUT2D eigenvalue weighted by molar-refractivity contribution is 6.00. The third-order valence-electron chi connectivity index (χ3n) is 18.5. The molecule has 0 fully saturated rings. The van der Waals surface area contributed by atoms with Crippen molar-refractivity contribution in [2.24, 2.45) is 52.0 Å². The number of nitrogens with two attached hydrogens (primary N) is 7. The number of hydrogen-bond acceptors (Lipinski definition) is 21. The van der Waals surface area contributed by atoms with E-state index in [1.54, 1.807) is 119 Å². The first-order valence-corrected chi connectivity index (χ1v) is 39.1. The Labute approximate surface area is 680 Å². The van der Waals surface area contributed by atoms with Gasteiger partial charge in [-0.3, -0.25) is 82.7 Å². The number of unbranched alkanes of at least 4 members (excludes halogenated alkanes) is 2. The van der Waals surface area contributed by atoms with Crippen LogP contribution in [0.3, 0.4) is 0 Å². The fourth-order valence-corrected chi connectivity index (χ4v) is 11.9. The van der Waals surface area contributed by atoms with E-state index < -0.39 is 193 Å². The fourth-order valence-electron chi connectivity index (χ4n) is 11.9. The van der Waals surface area contributed by atoms with Gasteiger partial charge < -0.3 is 125 Å². The smallest absolute Gasteiger partial charge is 0.245 e. The van der Waals surface area contributed by atoms with Crippen LogP contribution in [-0.4, -0.2) is 224 Å². The summed E-state index contributed by atoms with van der Waals surface area (Å²) in [4.78, 5) is 207. The molecule has 3 aromatic rings. The first kappa shape index (κ1) is 99.3. The van der Waals surface area contributed by atoms with Gasteiger partial charge in [-0.05, 0) is 126 Å². The Morgan fingerprint density at radius 3 is 1.17 bits per heavy atom. The normalized spacial score (nSPS) is 14.3. The second-order valence-electron chi connectivity index (χ2n) is 28.8. The van der Waals surface area contributed by atoms with Crippen LogP contribution < -0.4 is 120 Å². The maximum absolute atomic E-state index is 14.6. The lowest BCUT2D eigenvalue weighted by molar-refractivity contribution is -0.136. The van der Waals surface area contributed by atoms with Crippen LogP contribution in [0.2, 0.25) is 0 Å². The summed E-state index contributed by atoms with van der Waals surface area (Å²) in [6.07, 6.45) is 0.688. The van der Waals surface area contributed by atoms with Crippen molar-refractivity contribution < 1.29 is 77.0 Å². The molecule has 32 N–H and O–H groups in total. The van der Waals surface area contributed by atoms with Crippen LogP contribution in [-0.2, 0) is 91.2 Å². The van der Waals surface area contributed by atoms with Gasteiger partial charge in [-0.1, -0.05) is 125 Å². The number of rotatable bonds is 56. The summed E-state index contributed by atoms with van der Waals surface area (Å²) in [5.41, 5.74) is 41.5. The van der Waals surface area contributed by atoms with Gasteiger partial charge >= 0.3 is 0 Å². The number of carbonyl (C=O) groups excluding carboxylic acids is 15. The lowest BCUT2D eigenvalue weighted by Crippen LogP contribution is -2.61. The molecule has 117 heavy (non-hydrogen) atoms. The number of guanidine groups is 2. The van der Waals surface area contributed by atoms with E-state index >= 15 is 0 Å². The molecule has 0 aliphatic heterocycles. The van der Waals surface area contributed by atoms with Gasteiger partial charge in [0, 0.05) is 25.9 Å². The molecule has 40 heteroatoms. The summed E-state index contributed by atoms with van der Waals surface area (Å²) in [6, 6.07) is 8.76. The maximum atomic E-state index is 14.6. The van der Waals surface area contributed by atoms with E-state index in [0.29, 0.717) is 36.0 Å². The van der Waals surface area contributed by atoms with Crippen LogP contribution in [0.25, 0.3) is 0 Å². The molecule has 40 nitrogen and oxygen atoms in total. The van der Waals surface area contributed by atoms with Crippen molar-refractivity contribution in [1.82, 2.24) is 79.8 Å². The Bertz CT molecular complexity index is 3750. The number of amides is 15. The molecule has 0 saturated heterocycles. The number of aliphatic hydroxyl groups is 1. The molecule has 0 heterocycles. The van der Waals surface area contributed by atoms with Crippen LogP contribution >= 0.6 is 0 Å². The van der Waals surface area contributed by atoms with Gasteiger partial charge in [0.15, 0.2) is 11.9 Å². The first-order chi connectivity index (χ1) is 55.6. The Morgan fingerprint density at radius 1 is 0.376 bits per heavy atom. The minimum atomic E-state index is -1.74. The minimum Gasteiger partial charge on any atom is -0.394 e. The predicted octanol–water partition coefficient (Wildman–Crippen LogP) is -6.14. The summed E-state index contributed by atoms with van der Waals surface area (Å²) in [7, 11) is 0. The van der Waals surface area contributed by atoms with Crippen LogP contribution in [0.15, 0.2) is 91.0 Å². The molecule has 646 valence electrons. The lowest BCUT2D eigenvalue weighted by Gasteiger charge is -2.29. The zero-order valence-electron chi connectivity index (χ0n) is 67.1. The second kappa shape index (κ2) is 54.0. The maximum Gasteiger partial charge on any atom is 0.245 e. The lowest BCUT2D eigenvalue weighted by atomic mass is 9.96. The Kier molecular flexibility index (Phi) is 45.8. The quantitative estimate of drug-likeness (QED) is 0.0142. The van der Waals surface area contributed by atoms with Crippen molar-refractivity contribution in [1.29, 1.82) is 10.8 Å². The fraction of sp³-hybridized carbons (Fsp3) is 0.545. The van der Waals surface area contributed by atoms with Crippen molar-refractivity contribution in [3.63, 3.8) is 0 Å². The van der Waals surface area contributed by atoms with Gasteiger partial charge in [0.05, 0.1) is 32.2 Å². The molecule has 3 aromatic carbocycles. The zero-order chi connectivity index (χ0) is 87.1. The van der Waals surface area contributed by atoms with Crippen molar-refractivity contribution in [3.8, 4) is 0 Å². The Morgan fingerprint density at radius 2 is 0.744 bits per heavy atom. The monoisotopic (exact) mass is 1640 g/mol. The van der Waals surface area contributed by atoms with Gasteiger partial charge in [0.1, 0.15) is 66.5 Å². The highest BCUT2D eigenvalue weighted by Gasteiger charge is 2.38. The highest BCUT2D eigenvalue weighted by atomic mass is 16.3. The van der Waals surface area contributed by atoms with E-state index in [1.165, 1.54) is 6.92 Å². The molecule has 0 spiro atoms. The SMILES string of the molecule is CC[C@H](C)[C@H](NC(=O)[C@H](CCCCN)NC(=O)[C@H](CO)NC(=O)CNC(=O)[C@H](C)NC(=O)[C@H](CCCCN)NC(=O)[C@H](CC(C)C)NC(=O)[C@H](CCCNC(=N)N)NC(=O)[C@H](Cc1ccccc1)NC(=O)[C@H](CC(N)=O)NC(=O)[C@@H](N)Cc1ccccc1)C(=O)N[C@@H](CCCNC(=N)N)C(=O)N[C@@H](Cc1ccccc1)C(=O)NCC(N)=O. The van der Waals surface area contributed by atoms with Gasteiger partial charge in [0.2, 0.25) is 88.6 Å². The molecular weight excluding hydrogens is 1520 g/mol. The third kappa shape index (κ3) is 39.3. The van der Waals surface area contributed by atoms with E-state index in [9.17, 15) is 77.0 Å². The summed E-state index contributed by atoms with van der Waals surface area (Å²) >= 11 is 0. The molecule has 0 aliphatic carbocycles. The van der Waals surface area contributed by atoms with Crippen molar-refractivity contribution in [2.45, 2.75) is 210 Å². The molecule has 0 radical (unpaired) electrons. The average Bonchev–Trinajstić information content (AvgIpc) is 0.847. The number of benzene rings is 3. The molecule has 0 saturated carbocycles. The molecule has 15 amide bonds. The molecule has 0 aromatic heterocycles. The molecular formula is C77H122N24O16. The van der Waals surface area contributed by atoms with E-state index in [4.69, 9.17) is 51.0 Å².